The van der Waals surface area contributed by atoms with Crippen molar-refractivity contribution in [2.45, 2.75) is 38.5 Å². The number of hydrogen-bond donors (Lipinski definition) is 1. The summed E-state index contributed by atoms with van der Waals surface area (Å²) in [6, 6.07) is 0.188. The van der Waals surface area contributed by atoms with Gasteiger partial charge in [0.05, 0.1) is 12.1 Å². The second kappa shape index (κ2) is 4.75. The maximum absolute atomic E-state index is 11.6. The SMILES string of the molecule is COC(C)C(C)NC1CCN(C)C1=O. The minimum absolute atomic E-state index is 0.0207. The minimum atomic E-state index is -0.0207. The van der Waals surface area contributed by atoms with Crippen LogP contribution in [0.25, 0.3) is 0 Å². The highest BCUT2D eigenvalue weighted by atomic mass is 16.5. The van der Waals surface area contributed by atoms with E-state index in [4.69, 9.17) is 4.74 Å². The summed E-state index contributed by atoms with van der Waals surface area (Å²) in [4.78, 5) is 13.3. The van der Waals surface area contributed by atoms with E-state index in [0.29, 0.717) is 0 Å². The average Bonchev–Trinajstić information content (AvgIpc) is 2.48. The van der Waals surface area contributed by atoms with Crippen molar-refractivity contribution in [1.82, 2.24) is 10.2 Å². The van der Waals surface area contributed by atoms with Crippen LogP contribution in [0.4, 0.5) is 0 Å². The van der Waals surface area contributed by atoms with E-state index in [0.717, 1.165) is 13.0 Å². The molecule has 1 fully saturated rings. The molecule has 14 heavy (non-hydrogen) atoms. The van der Waals surface area contributed by atoms with E-state index in [1.807, 2.05) is 20.9 Å². The van der Waals surface area contributed by atoms with Crippen molar-refractivity contribution in [2.24, 2.45) is 0 Å². The molecular formula is C10H20N2O2. The molecule has 3 unspecified atom stereocenters. The van der Waals surface area contributed by atoms with Gasteiger partial charge in [-0.05, 0) is 20.3 Å². The Morgan fingerprint density at radius 1 is 1.57 bits per heavy atom. The Balaban J connectivity index is 2.41. The Kier molecular flexibility index (Phi) is 3.89. The first kappa shape index (κ1) is 11.5. The van der Waals surface area contributed by atoms with Crippen molar-refractivity contribution < 1.29 is 9.53 Å². The van der Waals surface area contributed by atoms with Crippen molar-refractivity contribution in [3.8, 4) is 0 Å². The van der Waals surface area contributed by atoms with Gasteiger partial charge < -0.3 is 15.0 Å². The largest absolute Gasteiger partial charge is 0.380 e. The highest BCUT2D eigenvalue weighted by Crippen LogP contribution is 2.10. The number of carbonyl (C=O) groups is 1. The second-order valence-corrected chi connectivity index (χ2v) is 4.00. The molecule has 0 radical (unpaired) electrons. The van der Waals surface area contributed by atoms with E-state index >= 15 is 0 Å². The van der Waals surface area contributed by atoms with Crippen LogP contribution in [-0.2, 0) is 9.53 Å². The monoisotopic (exact) mass is 200 g/mol. The van der Waals surface area contributed by atoms with Gasteiger partial charge in [0.15, 0.2) is 0 Å². The van der Waals surface area contributed by atoms with E-state index in [2.05, 4.69) is 5.32 Å². The molecule has 1 aliphatic rings. The van der Waals surface area contributed by atoms with Crippen LogP contribution in [0.5, 0.6) is 0 Å². The number of carbonyl (C=O) groups excluding carboxylic acids is 1. The third-order valence-corrected chi connectivity index (χ3v) is 2.97. The van der Waals surface area contributed by atoms with Crippen LogP contribution in [0.1, 0.15) is 20.3 Å². The fourth-order valence-corrected chi connectivity index (χ4v) is 1.63. The molecular weight excluding hydrogens is 180 g/mol. The van der Waals surface area contributed by atoms with Gasteiger partial charge in [-0.1, -0.05) is 0 Å². The molecule has 0 aromatic rings. The number of ether oxygens (including phenoxy) is 1. The summed E-state index contributed by atoms with van der Waals surface area (Å²) >= 11 is 0. The Morgan fingerprint density at radius 2 is 2.21 bits per heavy atom. The first-order valence-electron chi connectivity index (χ1n) is 5.10. The summed E-state index contributed by atoms with van der Waals surface area (Å²) in [6.45, 7) is 4.89. The fourth-order valence-electron chi connectivity index (χ4n) is 1.63. The van der Waals surface area contributed by atoms with Gasteiger partial charge in [-0.25, -0.2) is 0 Å². The van der Waals surface area contributed by atoms with Gasteiger partial charge in [-0.3, -0.25) is 4.79 Å². The summed E-state index contributed by atoms with van der Waals surface area (Å²) in [6.07, 6.45) is 1.03. The van der Waals surface area contributed by atoms with Crippen molar-refractivity contribution in [3.63, 3.8) is 0 Å². The molecule has 0 aliphatic carbocycles. The molecule has 1 N–H and O–H groups in total. The van der Waals surface area contributed by atoms with Crippen LogP contribution in [0, 0.1) is 0 Å². The topological polar surface area (TPSA) is 41.6 Å². The average molecular weight is 200 g/mol. The Bertz CT molecular complexity index is 208. The maximum atomic E-state index is 11.6. The van der Waals surface area contributed by atoms with Gasteiger partial charge in [0.25, 0.3) is 0 Å². The van der Waals surface area contributed by atoms with Crippen LogP contribution in [0.3, 0.4) is 0 Å². The van der Waals surface area contributed by atoms with Gasteiger partial charge in [0, 0.05) is 26.7 Å². The maximum Gasteiger partial charge on any atom is 0.239 e. The zero-order valence-corrected chi connectivity index (χ0v) is 9.41. The number of hydrogen-bond acceptors (Lipinski definition) is 3. The number of likely N-dealkylation sites (tertiary alicyclic amines) is 1. The highest BCUT2D eigenvalue weighted by molar-refractivity contribution is 5.83. The molecule has 1 saturated heterocycles. The third-order valence-electron chi connectivity index (χ3n) is 2.97. The lowest BCUT2D eigenvalue weighted by Crippen LogP contribution is -2.46. The lowest BCUT2D eigenvalue weighted by molar-refractivity contribution is -0.128. The second-order valence-electron chi connectivity index (χ2n) is 4.00. The van der Waals surface area contributed by atoms with Gasteiger partial charge in [0.1, 0.15) is 0 Å². The molecule has 82 valence electrons. The molecule has 0 spiro atoms. The van der Waals surface area contributed by atoms with E-state index in [-0.39, 0.29) is 24.1 Å². The Morgan fingerprint density at radius 3 is 2.64 bits per heavy atom. The van der Waals surface area contributed by atoms with E-state index < -0.39 is 0 Å². The van der Waals surface area contributed by atoms with Crippen molar-refractivity contribution >= 4 is 5.91 Å². The number of nitrogens with zero attached hydrogens (tertiary/aromatic N) is 1. The van der Waals surface area contributed by atoms with Crippen LogP contribution in [-0.4, -0.2) is 49.7 Å². The number of amides is 1. The molecule has 1 heterocycles. The summed E-state index contributed by atoms with van der Waals surface area (Å²) in [5, 5.41) is 3.29. The number of methoxy groups -OCH3 is 1. The number of likely N-dealkylation sites (N-methyl/N-ethyl adjacent to an activating group) is 1. The Labute approximate surface area is 85.6 Å². The normalized spacial score (nSPS) is 26.7. The zero-order valence-electron chi connectivity index (χ0n) is 9.41. The molecule has 0 aromatic carbocycles. The highest BCUT2D eigenvalue weighted by Gasteiger charge is 2.30. The van der Waals surface area contributed by atoms with Crippen molar-refractivity contribution in [2.75, 3.05) is 20.7 Å². The molecule has 1 amide bonds. The molecule has 0 bridgehead atoms. The molecule has 3 atom stereocenters. The van der Waals surface area contributed by atoms with Gasteiger partial charge in [-0.15, -0.1) is 0 Å². The lowest BCUT2D eigenvalue weighted by Gasteiger charge is -2.23. The van der Waals surface area contributed by atoms with Crippen LogP contribution < -0.4 is 5.32 Å². The Hall–Kier alpha value is -0.610. The first-order chi connectivity index (χ1) is 6.56. The third kappa shape index (κ3) is 2.45. The first-order valence-corrected chi connectivity index (χ1v) is 5.10. The molecule has 1 rings (SSSR count). The van der Waals surface area contributed by atoms with Crippen LogP contribution in [0.15, 0.2) is 0 Å². The molecule has 4 heteroatoms. The fraction of sp³-hybridized carbons (Fsp3) is 0.900. The summed E-state index contributed by atoms with van der Waals surface area (Å²) < 4.78 is 5.20. The lowest BCUT2D eigenvalue weighted by atomic mass is 10.1. The van der Waals surface area contributed by atoms with Gasteiger partial charge in [0.2, 0.25) is 5.91 Å². The zero-order chi connectivity index (χ0) is 10.7. The molecule has 0 saturated carbocycles. The summed E-state index contributed by atoms with van der Waals surface area (Å²) in [7, 11) is 3.53. The quantitative estimate of drug-likeness (QED) is 0.706. The molecule has 0 aromatic heterocycles. The smallest absolute Gasteiger partial charge is 0.239 e. The minimum Gasteiger partial charge on any atom is -0.380 e. The van der Waals surface area contributed by atoms with E-state index in [1.165, 1.54) is 0 Å². The molecule has 1 aliphatic heterocycles. The summed E-state index contributed by atoms with van der Waals surface area (Å²) in [5.41, 5.74) is 0. The van der Waals surface area contributed by atoms with Crippen molar-refractivity contribution in [1.29, 1.82) is 0 Å². The number of nitrogens with one attached hydrogen (secondary N) is 1. The summed E-state index contributed by atoms with van der Waals surface area (Å²) in [5.74, 6) is 0.195. The van der Waals surface area contributed by atoms with E-state index in [1.54, 1.807) is 12.0 Å². The predicted molar refractivity (Wildman–Crippen MR) is 55.1 cm³/mol. The van der Waals surface area contributed by atoms with Crippen LogP contribution in [0.2, 0.25) is 0 Å². The van der Waals surface area contributed by atoms with Crippen LogP contribution >= 0.6 is 0 Å². The van der Waals surface area contributed by atoms with Gasteiger partial charge >= 0.3 is 0 Å². The van der Waals surface area contributed by atoms with Crippen molar-refractivity contribution in [3.05, 3.63) is 0 Å². The van der Waals surface area contributed by atoms with E-state index in [9.17, 15) is 4.79 Å². The standard InChI is InChI=1S/C10H20N2O2/c1-7(8(2)14-4)11-9-5-6-12(3)10(9)13/h7-9,11H,5-6H2,1-4H3. The predicted octanol–water partition coefficient (Wildman–Crippen LogP) is 0.230. The molecule has 4 nitrogen and oxygen atoms in total. The number of rotatable bonds is 4. The van der Waals surface area contributed by atoms with Gasteiger partial charge in [-0.2, -0.15) is 0 Å².